The van der Waals surface area contributed by atoms with E-state index in [4.69, 9.17) is 5.73 Å². The summed E-state index contributed by atoms with van der Waals surface area (Å²) in [6.07, 6.45) is 0.472. The van der Waals surface area contributed by atoms with Gasteiger partial charge in [-0.15, -0.1) is 20.4 Å². The number of carbonyl (C=O) groups excluding carboxylic acids is 1. The van der Waals surface area contributed by atoms with Gasteiger partial charge in [-0.05, 0) is 5.56 Å². The summed E-state index contributed by atoms with van der Waals surface area (Å²) in [5, 5.41) is 21.2. The van der Waals surface area contributed by atoms with Gasteiger partial charge in [-0.1, -0.05) is 24.3 Å². The largest absolute Gasteiger partial charge is 0.341 e. The van der Waals surface area contributed by atoms with Crippen LogP contribution in [0.25, 0.3) is 11.4 Å². The second-order valence-electron chi connectivity index (χ2n) is 4.30. The predicted molar refractivity (Wildman–Crippen MR) is 77.1 cm³/mol. The van der Waals surface area contributed by atoms with Crippen molar-refractivity contribution in [3.05, 3.63) is 35.7 Å². The lowest BCUT2D eigenvalue weighted by Crippen LogP contribution is -2.34. The summed E-state index contributed by atoms with van der Waals surface area (Å²) in [6, 6.07) is 7.36. The molecule has 0 fully saturated rings. The molecule has 0 atom stereocenters. The molecule has 0 aliphatic carbocycles. The molecule has 0 saturated carbocycles. The number of amides is 2. The number of carbonyl (C=O) groups is 1. The summed E-state index contributed by atoms with van der Waals surface area (Å²) < 4.78 is 0. The van der Waals surface area contributed by atoms with Crippen molar-refractivity contribution in [2.75, 3.05) is 13.6 Å². The molecule has 8 heteroatoms. The van der Waals surface area contributed by atoms with Crippen LogP contribution in [0.1, 0.15) is 11.4 Å². The molecule has 21 heavy (non-hydrogen) atoms. The third-order valence-corrected chi connectivity index (χ3v) is 2.83. The van der Waals surface area contributed by atoms with Crippen LogP contribution in [0.15, 0.2) is 24.3 Å². The van der Waals surface area contributed by atoms with Gasteiger partial charge in [0.25, 0.3) is 0 Å². The first-order valence-corrected chi connectivity index (χ1v) is 6.54. The highest BCUT2D eigenvalue weighted by Gasteiger charge is 2.05. The van der Waals surface area contributed by atoms with Gasteiger partial charge < -0.3 is 16.4 Å². The molecule has 2 rings (SSSR count). The Bertz CT molecular complexity index is 582. The molecule has 1 aromatic heterocycles. The van der Waals surface area contributed by atoms with Crippen LogP contribution < -0.4 is 16.4 Å². The molecule has 2 aromatic rings. The van der Waals surface area contributed by atoms with Crippen molar-refractivity contribution < 1.29 is 4.79 Å². The molecule has 0 bridgehead atoms. The molecule has 0 aliphatic rings. The Morgan fingerprint density at radius 3 is 2.38 bits per heavy atom. The normalized spacial score (nSPS) is 10.2. The average Bonchev–Trinajstić information content (AvgIpc) is 2.55. The van der Waals surface area contributed by atoms with Gasteiger partial charge in [0.1, 0.15) is 0 Å². The van der Waals surface area contributed by atoms with Crippen LogP contribution in [-0.2, 0) is 13.0 Å². The number of hydrogen-bond acceptors (Lipinski definition) is 6. The Morgan fingerprint density at radius 2 is 1.81 bits per heavy atom. The lowest BCUT2D eigenvalue weighted by Gasteiger charge is -2.03. The van der Waals surface area contributed by atoms with Crippen LogP contribution in [-0.4, -0.2) is 40.0 Å². The minimum atomic E-state index is -0.243. The number of urea groups is 1. The van der Waals surface area contributed by atoms with Gasteiger partial charge in [-0.25, -0.2) is 4.79 Å². The molecule has 2 amide bonds. The van der Waals surface area contributed by atoms with Crippen LogP contribution in [0.5, 0.6) is 0 Å². The molecule has 0 unspecified atom stereocenters. The maximum atomic E-state index is 11.0. The maximum absolute atomic E-state index is 11.0. The molecule has 1 aromatic carbocycles. The Hall–Kier alpha value is -2.61. The Labute approximate surface area is 122 Å². The van der Waals surface area contributed by atoms with E-state index in [-0.39, 0.29) is 6.03 Å². The highest BCUT2D eigenvalue weighted by Crippen LogP contribution is 2.13. The molecule has 0 saturated heterocycles. The van der Waals surface area contributed by atoms with Gasteiger partial charge in [-0.3, -0.25) is 0 Å². The third kappa shape index (κ3) is 4.18. The fourth-order valence-corrected chi connectivity index (χ4v) is 1.63. The summed E-state index contributed by atoms with van der Waals surface area (Å²) >= 11 is 0. The topological polar surface area (TPSA) is 119 Å². The summed E-state index contributed by atoms with van der Waals surface area (Å²) in [7, 11) is 1.56. The molecule has 1 heterocycles. The van der Waals surface area contributed by atoms with Gasteiger partial charge in [0, 0.05) is 32.1 Å². The van der Waals surface area contributed by atoms with E-state index in [1.807, 2.05) is 24.3 Å². The highest BCUT2D eigenvalue weighted by molar-refractivity contribution is 5.73. The van der Waals surface area contributed by atoms with Crippen molar-refractivity contribution >= 4 is 6.03 Å². The number of nitrogens with two attached hydrogens (primary N) is 1. The second kappa shape index (κ2) is 7.25. The van der Waals surface area contributed by atoms with Crippen LogP contribution in [0.4, 0.5) is 4.79 Å². The van der Waals surface area contributed by atoms with Crippen molar-refractivity contribution in [2.24, 2.45) is 5.73 Å². The van der Waals surface area contributed by atoms with Crippen molar-refractivity contribution in [1.82, 2.24) is 31.0 Å². The number of hydrogen-bond donors (Lipinski definition) is 3. The summed E-state index contributed by atoms with van der Waals surface area (Å²) in [4.78, 5) is 11.0. The third-order valence-electron chi connectivity index (χ3n) is 2.83. The lowest BCUT2D eigenvalue weighted by molar-refractivity contribution is 0.243. The van der Waals surface area contributed by atoms with Crippen LogP contribution in [0.3, 0.4) is 0 Å². The molecular weight excluding hydrogens is 270 g/mol. The molecule has 0 aliphatic heterocycles. The van der Waals surface area contributed by atoms with E-state index in [1.54, 1.807) is 7.05 Å². The summed E-state index contributed by atoms with van der Waals surface area (Å²) in [6.45, 7) is 0.919. The Kier molecular flexibility index (Phi) is 5.10. The standard InChI is InChI=1S/C13H17N7O/c1-15-13(21)16-7-6-11-17-19-12(20-18-11)10-4-2-9(8-14)3-5-10/h2-5H,6-8,14H2,1H3,(H2,15,16,21). The minimum Gasteiger partial charge on any atom is -0.341 e. The number of nitrogens with one attached hydrogen (secondary N) is 2. The van der Waals surface area contributed by atoms with E-state index in [9.17, 15) is 4.79 Å². The molecule has 110 valence electrons. The monoisotopic (exact) mass is 287 g/mol. The van der Waals surface area contributed by atoms with Crippen LogP contribution >= 0.6 is 0 Å². The summed E-state index contributed by atoms with van der Waals surface area (Å²) in [5.41, 5.74) is 7.42. The first-order chi connectivity index (χ1) is 10.2. The van der Waals surface area contributed by atoms with E-state index in [1.165, 1.54) is 0 Å². The molecule has 0 radical (unpaired) electrons. The Morgan fingerprint density at radius 1 is 1.14 bits per heavy atom. The molecule has 8 nitrogen and oxygen atoms in total. The van der Waals surface area contributed by atoms with E-state index in [2.05, 4.69) is 31.0 Å². The summed E-state index contributed by atoms with van der Waals surface area (Å²) in [5.74, 6) is 0.940. The van der Waals surface area contributed by atoms with E-state index < -0.39 is 0 Å². The van der Waals surface area contributed by atoms with Gasteiger partial charge in [-0.2, -0.15) is 0 Å². The fraction of sp³-hybridized carbons (Fsp3) is 0.308. The first-order valence-electron chi connectivity index (χ1n) is 6.54. The zero-order valence-electron chi connectivity index (χ0n) is 11.7. The number of rotatable bonds is 5. The smallest absolute Gasteiger partial charge is 0.314 e. The second-order valence-corrected chi connectivity index (χ2v) is 4.30. The van der Waals surface area contributed by atoms with Crippen LogP contribution in [0.2, 0.25) is 0 Å². The van der Waals surface area contributed by atoms with E-state index in [0.717, 1.165) is 11.1 Å². The van der Waals surface area contributed by atoms with Crippen molar-refractivity contribution in [1.29, 1.82) is 0 Å². The van der Waals surface area contributed by atoms with Gasteiger partial charge in [0.05, 0.1) is 0 Å². The lowest BCUT2D eigenvalue weighted by atomic mass is 10.1. The van der Waals surface area contributed by atoms with Crippen LogP contribution in [0, 0.1) is 0 Å². The van der Waals surface area contributed by atoms with Gasteiger partial charge in [0.2, 0.25) is 5.82 Å². The highest BCUT2D eigenvalue weighted by atomic mass is 16.2. The van der Waals surface area contributed by atoms with Gasteiger partial charge in [0.15, 0.2) is 5.82 Å². The van der Waals surface area contributed by atoms with Crippen molar-refractivity contribution in [2.45, 2.75) is 13.0 Å². The van der Waals surface area contributed by atoms with Crippen molar-refractivity contribution in [3.63, 3.8) is 0 Å². The minimum absolute atomic E-state index is 0.243. The zero-order chi connectivity index (χ0) is 15.1. The molecular formula is C13H17N7O. The molecule has 0 spiro atoms. The predicted octanol–water partition coefficient (Wildman–Crippen LogP) is -0.136. The number of aromatic nitrogens is 4. The fourth-order valence-electron chi connectivity index (χ4n) is 1.63. The SMILES string of the molecule is CNC(=O)NCCc1nnc(-c2ccc(CN)cc2)nn1. The number of benzene rings is 1. The maximum Gasteiger partial charge on any atom is 0.314 e. The Balaban J connectivity index is 1.96. The van der Waals surface area contributed by atoms with Crippen molar-refractivity contribution in [3.8, 4) is 11.4 Å². The quantitative estimate of drug-likeness (QED) is 0.704. The zero-order valence-corrected chi connectivity index (χ0v) is 11.7. The molecule has 4 N–H and O–H groups in total. The van der Waals surface area contributed by atoms with Gasteiger partial charge >= 0.3 is 6.03 Å². The van der Waals surface area contributed by atoms with E-state index >= 15 is 0 Å². The first kappa shape index (κ1) is 14.8. The van der Waals surface area contributed by atoms with E-state index in [0.29, 0.717) is 31.2 Å². The number of nitrogens with zero attached hydrogens (tertiary/aromatic N) is 4. The average molecular weight is 287 g/mol.